The van der Waals surface area contributed by atoms with Crippen LogP contribution < -0.4 is 15.5 Å². The molecule has 1 fully saturated rings. The Hall–Kier alpha value is -4.61. The van der Waals surface area contributed by atoms with Gasteiger partial charge in [0.1, 0.15) is 11.6 Å². The number of alkyl halides is 2. The van der Waals surface area contributed by atoms with E-state index in [1.165, 1.54) is 24.7 Å². The van der Waals surface area contributed by atoms with Crippen LogP contribution in [0.25, 0.3) is 0 Å². The number of aliphatic hydroxyl groups excluding tert-OH is 1. The van der Waals surface area contributed by atoms with E-state index in [2.05, 4.69) is 54.3 Å². The quantitative estimate of drug-likeness (QED) is 0.248. The highest BCUT2D eigenvalue weighted by Gasteiger charge is 2.30. The first-order chi connectivity index (χ1) is 20.5. The summed E-state index contributed by atoms with van der Waals surface area (Å²) in [6.45, 7) is 0.767. The number of hydrogen-bond acceptors (Lipinski definition) is 10. The summed E-state index contributed by atoms with van der Waals surface area (Å²) < 4.78 is 50.8. The Morgan fingerprint density at radius 3 is 2.53 bits per heavy atom. The predicted octanol–water partition coefficient (Wildman–Crippen LogP) is 4.35. The van der Waals surface area contributed by atoms with E-state index in [1.807, 2.05) is 6.07 Å². The summed E-state index contributed by atoms with van der Waals surface area (Å²) in [5.41, 5.74) is 1.93. The summed E-state index contributed by atoms with van der Waals surface area (Å²) in [5.74, 6) is 7.01. The van der Waals surface area contributed by atoms with Gasteiger partial charge in [-0.3, -0.25) is 0 Å². The predicted molar refractivity (Wildman–Crippen MR) is 158 cm³/mol. The van der Waals surface area contributed by atoms with E-state index >= 15 is 0 Å². The highest BCUT2D eigenvalue weighted by molar-refractivity contribution is 7.90. The van der Waals surface area contributed by atoms with Crippen molar-refractivity contribution in [2.75, 3.05) is 41.5 Å². The minimum atomic E-state index is -3.48. The highest BCUT2D eigenvalue weighted by Crippen LogP contribution is 2.34. The Kier molecular flexibility index (Phi) is 8.56. The summed E-state index contributed by atoms with van der Waals surface area (Å²) in [6.07, 6.45) is 8.28. The largest absolute Gasteiger partial charge is 0.396 e. The molecular weight excluding hydrogens is 578 g/mol. The van der Waals surface area contributed by atoms with Gasteiger partial charge in [0.05, 0.1) is 33.6 Å². The fraction of sp³-hybridized carbons (Fsp3) is 0.310. The Labute approximate surface area is 247 Å². The monoisotopic (exact) mass is 608 g/mol. The lowest BCUT2D eigenvalue weighted by molar-refractivity contribution is 0.0566. The minimum absolute atomic E-state index is 0.101. The molecule has 0 unspecified atom stereocenters. The van der Waals surface area contributed by atoms with Crippen molar-refractivity contribution in [3.63, 3.8) is 0 Å². The number of benzene rings is 1. The summed E-state index contributed by atoms with van der Waals surface area (Å²) in [4.78, 5) is 15.5. The zero-order valence-electron chi connectivity index (χ0n) is 23.5. The number of anilines is 5. The van der Waals surface area contributed by atoms with Crippen LogP contribution in [-0.2, 0) is 9.84 Å². The maximum atomic E-state index is 12.9. The molecule has 1 aliphatic rings. The third kappa shape index (κ3) is 7.25. The Bertz CT molecular complexity index is 1780. The van der Waals surface area contributed by atoms with Gasteiger partial charge in [-0.25, -0.2) is 23.1 Å². The molecule has 4 heterocycles. The fourth-order valence-electron chi connectivity index (χ4n) is 4.60. The van der Waals surface area contributed by atoms with Crippen molar-refractivity contribution < 1.29 is 22.3 Å². The molecule has 5 rings (SSSR count). The molecule has 0 amide bonds. The second-order valence-corrected chi connectivity index (χ2v) is 12.5. The smallest absolute Gasteiger partial charge is 0.333 e. The van der Waals surface area contributed by atoms with E-state index < -0.39 is 16.4 Å². The minimum Gasteiger partial charge on any atom is -0.396 e. The number of aromatic nitrogens is 5. The summed E-state index contributed by atoms with van der Waals surface area (Å²) >= 11 is 0. The van der Waals surface area contributed by atoms with Gasteiger partial charge in [0, 0.05) is 50.6 Å². The maximum Gasteiger partial charge on any atom is 0.333 e. The van der Waals surface area contributed by atoms with E-state index in [-0.39, 0.29) is 22.9 Å². The first-order valence-corrected chi connectivity index (χ1v) is 15.3. The van der Waals surface area contributed by atoms with Crippen molar-refractivity contribution in [2.24, 2.45) is 5.41 Å². The van der Waals surface area contributed by atoms with Crippen LogP contribution in [0, 0.1) is 17.3 Å². The zero-order valence-corrected chi connectivity index (χ0v) is 24.3. The molecule has 4 aromatic rings. The lowest BCUT2D eigenvalue weighted by atomic mass is 9.81. The number of para-hydroxylation sites is 1. The van der Waals surface area contributed by atoms with E-state index in [4.69, 9.17) is 0 Å². The highest BCUT2D eigenvalue weighted by atomic mass is 32.2. The van der Waals surface area contributed by atoms with E-state index in [0.717, 1.165) is 24.8 Å². The number of pyridine rings is 1. The van der Waals surface area contributed by atoms with E-state index in [0.29, 0.717) is 46.2 Å². The molecule has 14 heteroatoms. The van der Waals surface area contributed by atoms with Crippen molar-refractivity contribution in [1.82, 2.24) is 24.7 Å². The zero-order chi connectivity index (χ0) is 30.6. The van der Waals surface area contributed by atoms with Crippen molar-refractivity contribution in [3.05, 3.63) is 72.3 Å². The summed E-state index contributed by atoms with van der Waals surface area (Å²) in [7, 11) is -3.48. The third-order valence-electron chi connectivity index (χ3n) is 7.16. The average Bonchev–Trinajstić information content (AvgIpc) is 3.47. The number of sulfone groups is 1. The van der Waals surface area contributed by atoms with Crippen molar-refractivity contribution in [2.45, 2.75) is 31.2 Å². The number of halogens is 2. The SMILES string of the molecule is CC1(CO)CCN(c2cc(Nc3ccnc(Nc4ccccc4S(C)(=O)=O)n3)ncc2C#Cc2cnn(C(F)F)c2)CC1. The summed E-state index contributed by atoms with van der Waals surface area (Å²) in [5, 5.41) is 19.6. The third-order valence-corrected chi connectivity index (χ3v) is 8.32. The van der Waals surface area contributed by atoms with Gasteiger partial charge in [0.2, 0.25) is 5.95 Å². The van der Waals surface area contributed by atoms with Gasteiger partial charge in [-0.2, -0.15) is 18.9 Å². The molecule has 0 bridgehead atoms. The number of nitrogens with one attached hydrogen (secondary N) is 2. The second kappa shape index (κ2) is 12.3. The van der Waals surface area contributed by atoms with Gasteiger partial charge in [-0.15, -0.1) is 0 Å². The van der Waals surface area contributed by atoms with Crippen LogP contribution >= 0.6 is 0 Å². The van der Waals surface area contributed by atoms with Crippen LogP contribution in [-0.4, -0.2) is 64.2 Å². The molecular formula is C29H30F2N8O3S. The molecule has 3 N–H and O–H groups in total. The Morgan fingerprint density at radius 1 is 1.07 bits per heavy atom. The number of aliphatic hydroxyl groups is 1. The molecule has 0 radical (unpaired) electrons. The Morgan fingerprint density at radius 2 is 1.84 bits per heavy atom. The number of rotatable bonds is 8. The lowest BCUT2D eigenvalue weighted by Crippen LogP contribution is -2.40. The van der Waals surface area contributed by atoms with Crippen LogP contribution in [0.3, 0.4) is 0 Å². The van der Waals surface area contributed by atoms with Gasteiger partial charge >= 0.3 is 6.55 Å². The molecule has 1 aliphatic heterocycles. The molecule has 224 valence electrons. The Balaban J connectivity index is 1.42. The molecule has 1 aromatic carbocycles. The normalized spacial score (nSPS) is 14.7. The van der Waals surface area contributed by atoms with Crippen LogP contribution in [0.4, 0.5) is 37.7 Å². The van der Waals surface area contributed by atoms with Crippen LogP contribution in [0.2, 0.25) is 0 Å². The van der Waals surface area contributed by atoms with Crippen LogP contribution in [0.1, 0.15) is 37.4 Å². The molecule has 0 spiro atoms. The van der Waals surface area contributed by atoms with Crippen molar-refractivity contribution >= 4 is 38.8 Å². The van der Waals surface area contributed by atoms with E-state index in [9.17, 15) is 22.3 Å². The lowest BCUT2D eigenvalue weighted by Gasteiger charge is -2.39. The first-order valence-electron chi connectivity index (χ1n) is 13.4. The van der Waals surface area contributed by atoms with Gasteiger partial charge in [0.15, 0.2) is 9.84 Å². The maximum absolute atomic E-state index is 12.9. The van der Waals surface area contributed by atoms with Crippen molar-refractivity contribution in [1.29, 1.82) is 0 Å². The van der Waals surface area contributed by atoms with Crippen molar-refractivity contribution in [3.8, 4) is 11.8 Å². The number of nitrogens with zero attached hydrogens (tertiary/aromatic N) is 6. The topological polar surface area (TPSA) is 138 Å². The van der Waals surface area contributed by atoms with E-state index in [1.54, 1.807) is 30.5 Å². The fourth-order valence-corrected chi connectivity index (χ4v) is 5.44. The molecule has 0 saturated carbocycles. The second-order valence-electron chi connectivity index (χ2n) is 10.6. The number of piperidine rings is 1. The molecule has 43 heavy (non-hydrogen) atoms. The standard InChI is InChI=1S/C29H30F2N8O3S/c1-29(19-40)10-13-38(14-11-29)23-15-26(33-17-21(23)8-7-20-16-34-39(18-20)27(30)31)36-25-9-12-32-28(37-25)35-22-5-3-4-6-24(22)43(2,41)42/h3-6,9,12,15-18,27,40H,10-11,13-14,19H2,1-2H3,(H2,32,33,35,36,37). The molecule has 11 nitrogen and oxygen atoms in total. The molecule has 1 saturated heterocycles. The first kappa shape index (κ1) is 29.9. The van der Waals surface area contributed by atoms with Gasteiger partial charge in [0.25, 0.3) is 0 Å². The molecule has 0 atom stereocenters. The van der Waals surface area contributed by atoms with Crippen LogP contribution in [0.15, 0.2) is 66.1 Å². The molecule has 0 aliphatic carbocycles. The van der Waals surface area contributed by atoms with Gasteiger partial charge in [-0.05, 0) is 36.5 Å². The van der Waals surface area contributed by atoms with Gasteiger partial charge in [-0.1, -0.05) is 30.9 Å². The molecule has 3 aromatic heterocycles. The van der Waals surface area contributed by atoms with Crippen LogP contribution in [0.5, 0.6) is 0 Å². The summed E-state index contributed by atoms with van der Waals surface area (Å²) in [6, 6.07) is 9.97. The number of hydrogen-bond donors (Lipinski definition) is 3. The average molecular weight is 609 g/mol. The van der Waals surface area contributed by atoms with Gasteiger partial charge < -0.3 is 20.6 Å².